The van der Waals surface area contributed by atoms with Crippen LogP contribution in [0.4, 0.5) is 4.39 Å². The van der Waals surface area contributed by atoms with Crippen molar-refractivity contribution >= 4 is 11.6 Å². The molecule has 1 amide bonds. The van der Waals surface area contributed by atoms with Gasteiger partial charge in [0.15, 0.2) is 11.5 Å². The van der Waals surface area contributed by atoms with Crippen molar-refractivity contribution in [3.63, 3.8) is 0 Å². The first-order valence-corrected chi connectivity index (χ1v) is 6.52. The second-order valence-corrected chi connectivity index (χ2v) is 4.66. The molecule has 0 aliphatic heterocycles. The van der Waals surface area contributed by atoms with E-state index < -0.39 is 17.8 Å². The number of benzene rings is 1. The van der Waals surface area contributed by atoms with Gasteiger partial charge in [-0.15, -0.1) is 10.2 Å². The topological polar surface area (TPSA) is 59.3 Å². The third-order valence-corrected chi connectivity index (χ3v) is 3.19. The summed E-state index contributed by atoms with van der Waals surface area (Å²) >= 11 is 0. The summed E-state index contributed by atoms with van der Waals surface area (Å²) in [6.45, 7) is 1.78. The van der Waals surface area contributed by atoms with Gasteiger partial charge in [0.1, 0.15) is 5.82 Å². The molecule has 0 unspecified atom stereocenters. The summed E-state index contributed by atoms with van der Waals surface area (Å²) in [4.78, 5) is 12.1. The Morgan fingerprint density at radius 1 is 1.19 bits per heavy atom. The van der Waals surface area contributed by atoms with Gasteiger partial charge in [-0.2, -0.15) is 0 Å². The van der Waals surface area contributed by atoms with Gasteiger partial charge in [0.2, 0.25) is 0 Å². The first kappa shape index (κ1) is 13.2. The minimum absolute atomic E-state index is 0.0122. The molecule has 0 aliphatic rings. The van der Waals surface area contributed by atoms with E-state index in [2.05, 4.69) is 15.5 Å². The van der Waals surface area contributed by atoms with Crippen LogP contribution in [0.3, 0.4) is 0 Å². The molecule has 2 aromatic heterocycles. The van der Waals surface area contributed by atoms with Crippen molar-refractivity contribution < 1.29 is 9.18 Å². The van der Waals surface area contributed by atoms with E-state index in [1.807, 2.05) is 24.4 Å². The number of hydrogen-bond acceptors (Lipinski definition) is 3. The summed E-state index contributed by atoms with van der Waals surface area (Å²) in [5.74, 6) is -0.433. The van der Waals surface area contributed by atoms with Crippen LogP contribution in [0.15, 0.2) is 48.7 Å². The monoisotopic (exact) mass is 284 g/mol. The standard InChI is InChI=1S/C15H13FN4O/c1-10(14-19-18-13-8-4-5-9-20(13)14)17-15(21)11-6-2-3-7-12(11)16/h2-10H,1H3,(H,17,21)/t10-/m1/s1. The SMILES string of the molecule is C[C@@H](NC(=O)c1ccccc1F)c1nnc2ccccn12. The van der Waals surface area contributed by atoms with Gasteiger partial charge in [-0.3, -0.25) is 9.20 Å². The maximum atomic E-state index is 13.6. The van der Waals surface area contributed by atoms with Crippen molar-refractivity contribution in [3.8, 4) is 0 Å². The Bertz CT molecular complexity index is 799. The quantitative estimate of drug-likeness (QED) is 0.803. The molecule has 0 spiro atoms. The third kappa shape index (κ3) is 2.47. The van der Waals surface area contributed by atoms with Crippen molar-refractivity contribution in [3.05, 3.63) is 65.9 Å². The number of amides is 1. The number of nitrogens with zero attached hydrogens (tertiary/aromatic N) is 3. The third-order valence-electron chi connectivity index (χ3n) is 3.19. The number of pyridine rings is 1. The Labute approximate surface area is 120 Å². The van der Waals surface area contributed by atoms with Crippen LogP contribution in [0.2, 0.25) is 0 Å². The van der Waals surface area contributed by atoms with E-state index in [4.69, 9.17) is 0 Å². The number of rotatable bonds is 3. The number of aromatic nitrogens is 3. The molecule has 1 aromatic carbocycles. The Balaban J connectivity index is 1.85. The van der Waals surface area contributed by atoms with Gasteiger partial charge >= 0.3 is 0 Å². The zero-order valence-corrected chi connectivity index (χ0v) is 11.3. The van der Waals surface area contributed by atoms with Crippen LogP contribution in [0.5, 0.6) is 0 Å². The maximum Gasteiger partial charge on any atom is 0.254 e. The molecule has 1 atom stereocenters. The van der Waals surface area contributed by atoms with Crippen LogP contribution in [0.1, 0.15) is 29.1 Å². The van der Waals surface area contributed by atoms with E-state index in [1.54, 1.807) is 23.5 Å². The average molecular weight is 284 g/mol. The lowest BCUT2D eigenvalue weighted by molar-refractivity contribution is 0.0934. The largest absolute Gasteiger partial charge is 0.342 e. The molecule has 6 heteroatoms. The lowest BCUT2D eigenvalue weighted by atomic mass is 10.2. The summed E-state index contributed by atoms with van der Waals surface area (Å²) < 4.78 is 15.4. The maximum absolute atomic E-state index is 13.6. The Morgan fingerprint density at radius 2 is 1.95 bits per heavy atom. The summed E-state index contributed by atoms with van der Waals surface area (Å²) in [6, 6.07) is 11.0. The van der Waals surface area contributed by atoms with Gasteiger partial charge in [0, 0.05) is 6.20 Å². The van der Waals surface area contributed by atoms with Gasteiger partial charge in [0.05, 0.1) is 11.6 Å². The molecule has 106 valence electrons. The Kier molecular flexibility index (Phi) is 3.35. The minimum Gasteiger partial charge on any atom is -0.342 e. The van der Waals surface area contributed by atoms with Crippen molar-refractivity contribution in [2.24, 2.45) is 0 Å². The van der Waals surface area contributed by atoms with Crippen LogP contribution >= 0.6 is 0 Å². The van der Waals surface area contributed by atoms with E-state index in [0.29, 0.717) is 11.5 Å². The predicted molar refractivity (Wildman–Crippen MR) is 75.3 cm³/mol. The highest BCUT2D eigenvalue weighted by Gasteiger charge is 2.18. The molecule has 0 saturated carbocycles. The van der Waals surface area contributed by atoms with Gasteiger partial charge in [-0.1, -0.05) is 18.2 Å². The lowest BCUT2D eigenvalue weighted by Crippen LogP contribution is -2.28. The fraction of sp³-hybridized carbons (Fsp3) is 0.133. The molecule has 0 radical (unpaired) electrons. The van der Waals surface area contributed by atoms with E-state index in [-0.39, 0.29) is 5.56 Å². The molecular weight excluding hydrogens is 271 g/mol. The first-order valence-electron chi connectivity index (χ1n) is 6.52. The van der Waals surface area contributed by atoms with Crippen LogP contribution in [-0.4, -0.2) is 20.5 Å². The van der Waals surface area contributed by atoms with Gasteiger partial charge in [-0.25, -0.2) is 4.39 Å². The molecular formula is C15H13FN4O. The van der Waals surface area contributed by atoms with E-state index >= 15 is 0 Å². The molecule has 1 N–H and O–H groups in total. The second-order valence-electron chi connectivity index (χ2n) is 4.66. The molecule has 3 rings (SSSR count). The highest BCUT2D eigenvalue weighted by molar-refractivity contribution is 5.94. The first-order chi connectivity index (χ1) is 10.2. The summed E-state index contributed by atoms with van der Waals surface area (Å²) in [6.07, 6.45) is 1.82. The van der Waals surface area contributed by atoms with Crippen molar-refractivity contribution in [1.82, 2.24) is 19.9 Å². The fourth-order valence-electron chi connectivity index (χ4n) is 2.14. The summed E-state index contributed by atoms with van der Waals surface area (Å²) in [5, 5.41) is 10.8. The van der Waals surface area contributed by atoms with E-state index in [1.165, 1.54) is 12.1 Å². The van der Waals surface area contributed by atoms with Crippen LogP contribution in [0.25, 0.3) is 5.65 Å². The zero-order chi connectivity index (χ0) is 14.8. The molecule has 0 saturated heterocycles. The Morgan fingerprint density at radius 3 is 2.76 bits per heavy atom. The van der Waals surface area contributed by atoms with E-state index in [9.17, 15) is 9.18 Å². The van der Waals surface area contributed by atoms with Crippen molar-refractivity contribution in [1.29, 1.82) is 0 Å². The van der Waals surface area contributed by atoms with Crippen LogP contribution in [0, 0.1) is 5.82 Å². The van der Waals surface area contributed by atoms with Gasteiger partial charge < -0.3 is 5.32 Å². The smallest absolute Gasteiger partial charge is 0.254 e. The van der Waals surface area contributed by atoms with Gasteiger partial charge in [0.25, 0.3) is 5.91 Å². The molecule has 21 heavy (non-hydrogen) atoms. The molecule has 2 heterocycles. The molecule has 5 nitrogen and oxygen atoms in total. The fourth-order valence-corrected chi connectivity index (χ4v) is 2.14. The molecule has 0 bridgehead atoms. The Hall–Kier alpha value is -2.76. The van der Waals surface area contributed by atoms with Crippen LogP contribution < -0.4 is 5.32 Å². The van der Waals surface area contributed by atoms with Crippen LogP contribution in [-0.2, 0) is 0 Å². The molecule has 0 fully saturated rings. The number of hydrogen-bond donors (Lipinski definition) is 1. The summed E-state index contributed by atoms with van der Waals surface area (Å²) in [7, 11) is 0. The number of nitrogens with one attached hydrogen (secondary N) is 1. The molecule has 0 aliphatic carbocycles. The van der Waals surface area contributed by atoms with Gasteiger partial charge in [-0.05, 0) is 31.2 Å². The number of carbonyl (C=O) groups is 1. The predicted octanol–water partition coefficient (Wildman–Crippen LogP) is 2.36. The minimum atomic E-state index is -0.548. The zero-order valence-electron chi connectivity index (χ0n) is 11.3. The highest BCUT2D eigenvalue weighted by Crippen LogP contribution is 2.13. The van der Waals surface area contributed by atoms with Crippen molar-refractivity contribution in [2.75, 3.05) is 0 Å². The summed E-state index contributed by atoms with van der Waals surface area (Å²) in [5.41, 5.74) is 0.706. The number of carbonyl (C=O) groups excluding carboxylic acids is 1. The average Bonchev–Trinajstić information content (AvgIpc) is 2.91. The number of fused-ring (bicyclic) bond motifs is 1. The highest BCUT2D eigenvalue weighted by atomic mass is 19.1. The van der Waals surface area contributed by atoms with E-state index in [0.717, 1.165) is 0 Å². The lowest BCUT2D eigenvalue weighted by Gasteiger charge is -2.12. The van der Waals surface area contributed by atoms with Crippen molar-refractivity contribution in [2.45, 2.75) is 13.0 Å². The number of halogens is 1. The molecule has 3 aromatic rings. The second kappa shape index (κ2) is 5.32. The normalized spacial score (nSPS) is 12.3.